The summed E-state index contributed by atoms with van der Waals surface area (Å²) in [5.41, 5.74) is 5.93. The number of likely N-dealkylation sites (tertiary alicyclic amines) is 1. The Hall–Kier alpha value is -0.610. The summed E-state index contributed by atoms with van der Waals surface area (Å²) >= 11 is 0. The van der Waals surface area contributed by atoms with Gasteiger partial charge in [0.05, 0.1) is 6.04 Å². The molecule has 1 fully saturated rings. The molecule has 1 rings (SSSR count). The molecule has 1 aliphatic rings. The number of carbonyl (C=O) groups excluding carboxylic acids is 1. The third-order valence-corrected chi connectivity index (χ3v) is 3.24. The number of carbonyl (C=O) groups is 1. The second-order valence-corrected chi connectivity index (χ2v) is 5.36. The molecule has 1 amide bonds. The molecule has 4 heteroatoms. The van der Waals surface area contributed by atoms with Crippen molar-refractivity contribution in [3.63, 3.8) is 0 Å². The monoisotopic (exact) mass is 227 g/mol. The Morgan fingerprint density at radius 3 is 2.62 bits per heavy atom. The van der Waals surface area contributed by atoms with Crippen molar-refractivity contribution in [3.8, 4) is 0 Å². The maximum atomic E-state index is 12.2. The SMILES string of the molecule is CC(C)C(N)C(=O)N1CCC[C@H]1CN(C)C. The topological polar surface area (TPSA) is 49.6 Å². The van der Waals surface area contributed by atoms with Crippen molar-refractivity contribution in [3.05, 3.63) is 0 Å². The quantitative estimate of drug-likeness (QED) is 0.762. The van der Waals surface area contributed by atoms with E-state index in [0.29, 0.717) is 6.04 Å². The van der Waals surface area contributed by atoms with Gasteiger partial charge in [0, 0.05) is 19.1 Å². The molecule has 1 unspecified atom stereocenters. The fourth-order valence-corrected chi connectivity index (χ4v) is 2.21. The molecule has 16 heavy (non-hydrogen) atoms. The first-order chi connectivity index (χ1) is 7.43. The van der Waals surface area contributed by atoms with Gasteiger partial charge >= 0.3 is 0 Å². The molecule has 1 heterocycles. The Labute approximate surface area is 98.8 Å². The van der Waals surface area contributed by atoms with Crippen LogP contribution in [0, 0.1) is 5.92 Å². The lowest BCUT2D eigenvalue weighted by Gasteiger charge is -2.30. The van der Waals surface area contributed by atoms with Gasteiger partial charge in [0.2, 0.25) is 5.91 Å². The summed E-state index contributed by atoms with van der Waals surface area (Å²) in [7, 11) is 4.09. The van der Waals surface area contributed by atoms with Crippen molar-refractivity contribution in [2.45, 2.75) is 38.8 Å². The largest absolute Gasteiger partial charge is 0.337 e. The molecule has 1 saturated heterocycles. The lowest BCUT2D eigenvalue weighted by molar-refractivity contribution is -0.134. The third-order valence-electron chi connectivity index (χ3n) is 3.24. The fraction of sp³-hybridized carbons (Fsp3) is 0.917. The maximum absolute atomic E-state index is 12.2. The highest BCUT2D eigenvalue weighted by atomic mass is 16.2. The summed E-state index contributed by atoms with van der Waals surface area (Å²) in [6, 6.07) is 0.00932. The lowest BCUT2D eigenvalue weighted by atomic mass is 10.0. The minimum atomic E-state index is -0.345. The molecule has 0 bridgehead atoms. The molecule has 0 aromatic carbocycles. The first kappa shape index (κ1) is 13.5. The normalized spacial score (nSPS) is 23.2. The zero-order chi connectivity index (χ0) is 12.3. The molecule has 2 atom stereocenters. The Bertz CT molecular complexity index is 240. The second-order valence-electron chi connectivity index (χ2n) is 5.36. The summed E-state index contributed by atoms with van der Waals surface area (Å²) in [5, 5.41) is 0. The van der Waals surface area contributed by atoms with Gasteiger partial charge in [-0.25, -0.2) is 0 Å². The molecule has 0 aromatic heterocycles. The van der Waals surface area contributed by atoms with Gasteiger partial charge < -0.3 is 15.5 Å². The molecule has 0 aromatic rings. The molecule has 94 valence electrons. The van der Waals surface area contributed by atoms with Crippen LogP contribution >= 0.6 is 0 Å². The number of rotatable bonds is 4. The number of hydrogen-bond donors (Lipinski definition) is 1. The molecule has 4 nitrogen and oxygen atoms in total. The third kappa shape index (κ3) is 3.19. The fourth-order valence-electron chi connectivity index (χ4n) is 2.21. The lowest BCUT2D eigenvalue weighted by Crippen LogP contribution is -2.50. The molecular formula is C12H25N3O. The molecule has 0 radical (unpaired) electrons. The molecule has 2 N–H and O–H groups in total. The van der Waals surface area contributed by atoms with E-state index < -0.39 is 0 Å². The molecule has 0 aliphatic carbocycles. The first-order valence-corrected chi connectivity index (χ1v) is 6.14. The summed E-state index contributed by atoms with van der Waals surface area (Å²) in [6.45, 7) is 5.81. The van der Waals surface area contributed by atoms with Crippen molar-refractivity contribution in [2.24, 2.45) is 11.7 Å². The summed E-state index contributed by atoms with van der Waals surface area (Å²) in [6.07, 6.45) is 2.21. The first-order valence-electron chi connectivity index (χ1n) is 6.14. The van der Waals surface area contributed by atoms with Crippen molar-refractivity contribution < 1.29 is 4.79 Å². The van der Waals surface area contributed by atoms with Gasteiger partial charge in [-0.2, -0.15) is 0 Å². The van der Waals surface area contributed by atoms with Crippen LogP contribution < -0.4 is 5.73 Å². The zero-order valence-electron chi connectivity index (χ0n) is 10.9. The van der Waals surface area contributed by atoms with Crippen LogP contribution in [0.4, 0.5) is 0 Å². The van der Waals surface area contributed by atoms with Crippen LogP contribution in [0.1, 0.15) is 26.7 Å². The average Bonchev–Trinajstić information content (AvgIpc) is 2.62. The smallest absolute Gasteiger partial charge is 0.240 e. The van der Waals surface area contributed by atoms with Gasteiger partial charge in [-0.05, 0) is 32.9 Å². The van der Waals surface area contributed by atoms with Crippen LogP contribution in [0.3, 0.4) is 0 Å². The summed E-state index contributed by atoms with van der Waals surface area (Å²) in [5.74, 6) is 0.340. The van der Waals surface area contributed by atoms with E-state index in [0.717, 1.165) is 25.9 Å². The van der Waals surface area contributed by atoms with E-state index in [1.807, 2.05) is 32.8 Å². The maximum Gasteiger partial charge on any atom is 0.240 e. The van der Waals surface area contributed by atoms with Gasteiger partial charge in [-0.1, -0.05) is 13.8 Å². The summed E-state index contributed by atoms with van der Waals surface area (Å²) in [4.78, 5) is 16.3. The van der Waals surface area contributed by atoms with Gasteiger partial charge in [0.15, 0.2) is 0 Å². The van der Waals surface area contributed by atoms with Crippen LogP contribution in [0.5, 0.6) is 0 Å². The van der Waals surface area contributed by atoms with Crippen LogP contribution in [-0.4, -0.2) is 55.0 Å². The summed E-state index contributed by atoms with van der Waals surface area (Å²) < 4.78 is 0. The van der Waals surface area contributed by atoms with Crippen LogP contribution in [0.25, 0.3) is 0 Å². The minimum absolute atomic E-state index is 0.124. The van der Waals surface area contributed by atoms with Crippen molar-refractivity contribution in [2.75, 3.05) is 27.2 Å². The van der Waals surface area contributed by atoms with E-state index in [1.54, 1.807) is 0 Å². The number of hydrogen-bond acceptors (Lipinski definition) is 3. The van der Waals surface area contributed by atoms with Crippen molar-refractivity contribution in [1.82, 2.24) is 9.80 Å². The second kappa shape index (κ2) is 5.64. The van der Waals surface area contributed by atoms with Crippen LogP contribution in [0.15, 0.2) is 0 Å². The minimum Gasteiger partial charge on any atom is -0.337 e. The van der Waals surface area contributed by atoms with E-state index in [4.69, 9.17) is 5.73 Å². The highest BCUT2D eigenvalue weighted by Gasteiger charge is 2.32. The zero-order valence-corrected chi connectivity index (χ0v) is 10.9. The molecule has 1 aliphatic heterocycles. The molecular weight excluding hydrogens is 202 g/mol. The van der Waals surface area contributed by atoms with Crippen LogP contribution in [0.2, 0.25) is 0 Å². The predicted octanol–water partition coefficient (Wildman–Crippen LogP) is 0.522. The van der Waals surface area contributed by atoms with Gasteiger partial charge in [-0.15, -0.1) is 0 Å². The highest BCUT2D eigenvalue weighted by molar-refractivity contribution is 5.82. The van der Waals surface area contributed by atoms with E-state index in [2.05, 4.69) is 4.90 Å². The van der Waals surface area contributed by atoms with E-state index >= 15 is 0 Å². The van der Waals surface area contributed by atoms with Gasteiger partial charge in [-0.3, -0.25) is 4.79 Å². The number of nitrogens with zero attached hydrogens (tertiary/aromatic N) is 2. The Morgan fingerprint density at radius 1 is 1.50 bits per heavy atom. The van der Waals surface area contributed by atoms with Crippen LogP contribution in [-0.2, 0) is 4.79 Å². The Balaban J connectivity index is 2.60. The molecule has 0 spiro atoms. The van der Waals surface area contributed by atoms with Crippen molar-refractivity contribution in [1.29, 1.82) is 0 Å². The Morgan fingerprint density at radius 2 is 2.12 bits per heavy atom. The highest BCUT2D eigenvalue weighted by Crippen LogP contribution is 2.19. The number of nitrogens with two attached hydrogens (primary N) is 1. The number of likely N-dealkylation sites (N-methyl/N-ethyl adjacent to an activating group) is 1. The molecule has 0 saturated carbocycles. The van der Waals surface area contributed by atoms with Gasteiger partial charge in [0.25, 0.3) is 0 Å². The Kier molecular flexibility index (Phi) is 4.74. The van der Waals surface area contributed by atoms with E-state index in [-0.39, 0.29) is 17.9 Å². The van der Waals surface area contributed by atoms with Gasteiger partial charge in [0.1, 0.15) is 0 Å². The van der Waals surface area contributed by atoms with E-state index in [1.165, 1.54) is 0 Å². The number of amides is 1. The van der Waals surface area contributed by atoms with E-state index in [9.17, 15) is 4.79 Å². The standard InChI is InChI=1S/C12H25N3O/c1-9(2)11(13)12(16)15-7-5-6-10(15)8-14(3)4/h9-11H,5-8,13H2,1-4H3/t10-,11?/m0/s1. The average molecular weight is 227 g/mol. The van der Waals surface area contributed by atoms with Crippen molar-refractivity contribution >= 4 is 5.91 Å². The predicted molar refractivity (Wildman–Crippen MR) is 66.1 cm³/mol.